The number of allylic oxidation sites excluding steroid dienone is 5. The predicted octanol–water partition coefficient (Wildman–Crippen LogP) is 4.26. The van der Waals surface area contributed by atoms with Crippen molar-refractivity contribution in [3.05, 3.63) is 35.5 Å². The average Bonchev–Trinajstić information content (AvgIpc) is 2.15. The largest absolute Gasteiger partial charge is 0.115 e. The second kappa shape index (κ2) is 4.53. The molecule has 0 aromatic carbocycles. The summed E-state index contributed by atoms with van der Waals surface area (Å²) in [7, 11) is 0. The topological polar surface area (TPSA) is 0 Å². The lowest BCUT2D eigenvalue weighted by molar-refractivity contribution is 0.371. The van der Waals surface area contributed by atoms with E-state index in [4.69, 9.17) is 6.42 Å². The number of hydrogen-bond acceptors (Lipinski definition) is 0. The summed E-state index contributed by atoms with van der Waals surface area (Å²) in [5.74, 6) is 2.63. The summed E-state index contributed by atoms with van der Waals surface area (Å²) >= 11 is 0. The second-order valence-corrected chi connectivity index (χ2v) is 4.92. The molecule has 15 heavy (non-hydrogen) atoms. The van der Waals surface area contributed by atoms with Gasteiger partial charge >= 0.3 is 0 Å². The molecule has 0 bridgehead atoms. The van der Waals surface area contributed by atoms with E-state index in [0.717, 1.165) is 12.0 Å². The van der Waals surface area contributed by atoms with Gasteiger partial charge in [-0.15, -0.1) is 6.42 Å². The minimum absolute atomic E-state index is 0.251. The third-order valence-corrected chi connectivity index (χ3v) is 3.12. The van der Waals surface area contributed by atoms with Gasteiger partial charge in [0.05, 0.1) is 0 Å². The SMILES string of the molecule is C#C/C(C)=C/C=C1\C(=C)CCCC1(C)C. The Morgan fingerprint density at radius 3 is 2.73 bits per heavy atom. The van der Waals surface area contributed by atoms with Gasteiger partial charge in [-0.2, -0.15) is 0 Å². The molecule has 0 heteroatoms. The molecule has 0 saturated heterocycles. The summed E-state index contributed by atoms with van der Waals surface area (Å²) in [6, 6.07) is 0. The van der Waals surface area contributed by atoms with E-state index < -0.39 is 0 Å². The Morgan fingerprint density at radius 2 is 2.20 bits per heavy atom. The van der Waals surface area contributed by atoms with Crippen molar-refractivity contribution in [3.63, 3.8) is 0 Å². The molecular formula is C15H20. The average molecular weight is 200 g/mol. The maximum Gasteiger partial charge on any atom is -0.00134 e. The lowest BCUT2D eigenvalue weighted by Crippen LogP contribution is -2.20. The summed E-state index contributed by atoms with van der Waals surface area (Å²) in [5.41, 5.74) is 3.85. The first-order chi connectivity index (χ1) is 6.97. The summed E-state index contributed by atoms with van der Waals surface area (Å²) in [6.07, 6.45) is 13.1. The first-order valence-corrected chi connectivity index (χ1v) is 5.51. The Labute approximate surface area is 93.8 Å². The van der Waals surface area contributed by atoms with E-state index in [0.29, 0.717) is 0 Å². The van der Waals surface area contributed by atoms with Crippen LogP contribution in [0.25, 0.3) is 0 Å². The van der Waals surface area contributed by atoms with Crippen LogP contribution in [-0.2, 0) is 0 Å². The first kappa shape index (κ1) is 11.9. The zero-order chi connectivity index (χ0) is 11.5. The van der Waals surface area contributed by atoms with Crippen molar-refractivity contribution in [1.82, 2.24) is 0 Å². The Morgan fingerprint density at radius 1 is 1.53 bits per heavy atom. The van der Waals surface area contributed by atoms with Crippen LogP contribution >= 0.6 is 0 Å². The summed E-state index contributed by atoms with van der Waals surface area (Å²) in [4.78, 5) is 0. The van der Waals surface area contributed by atoms with Gasteiger partial charge < -0.3 is 0 Å². The minimum Gasteiger partial charge on any atom is -0.115 e. The molecule has 0 heterocycles. The molecule has 0 radical (unpaired) electrons. The van der Waals surface area contributed by atoms with Gasteiger partial charge in [-0.25, -0.2) is 0 Å². The maximum absolute atomic E-state index is 5.32. The second-order valence-electron chi connectivity index (χ2n) is 4.92. The van der Waals surface area contributed by atoms with Crippen LogP contribution in [0.4, 0.5) is 0 Å². The van der Waals surface area contributed by atoms with Crippen molar-refractivity contribution in [2.24, 2.45) is 5.41 Å². The molecule has 0 N–H and O–H groups in total. The van der Waals surface area contributed by atoms with Crippen LogP contribution in [0, 0.1) is 17.8 Å². The van der Waals surface area contributed by atoms with Gasteiger partial charge in [-0.05, 0) is 42.7 Å². The molecule has 1 aliphatic rings. The quantitative estimate of drug-likeness (QED) is 0.555. The third kappa shape index (κ3) is 2.86. The number of hydrogen-bond donors (Lipinski definition) is 0. The van der Waals surface area contributed by atoms with E-state index in [9.17, 15) is 0 Å². The minimum atomic E-state index is 0.251. The molecule has 0 spiro atoms. The van der Waals surface area contributed by atoms with Crippen LogP contribution in [0.15, 0.2) is 35.5 Å². The van der Waals surface area contributed by atoms with Gasteiger partial charge in [0.15, 0.2) is 0 Å². The summed E-state index contributed by atoms with van der Waals surface area (Å²) < 4.78 is 0. The lowest BCUT2D eigenvalue weighted by Gasteiger charge is -2.34. The molecule has 0 nitrogen and oxygen atoms in total. The van der Waals surface area contributed by atoms with Gasteiger partial charge in [0.25, 0.3) is 0 Å². The highest BCUT2D eigenvalue weighted by molar-refractivity contribution is 5.40. The molecule has 1 fully saturated rings. The smallest absolute Gasteiger partial charge is 0.00134 e. The fraction of sp³-hybridized carbons (Fsp3) is 0.467. The van der Waals surface area contributed by atoms with Crippen LogP contribution in [0.2, 0.25) is 0 Å². The number of rotatable bonds is 1. The molecule has 1 saturated carbocycles. The molecule has 0 unspecified atom stereocenters. The van der Waals surface area contributed by atoms with E-state index in [1.165, 1.54) is 24.0 Å². The van der Waals surface area contributed by atoms with Crippen LogP contribution < -0.4 is 0 Å². The van der Waals surface area contributed by atoms with Gasteiger partial charge in [0.2, 0.25) is 0 Å². The standard InChI is InChI=1S/C15H20/c1-6-12(2)9-10-14-13(3)8-7-11-15(14,4)5/h1,9-10H,3,7-8,11H2,2,4-5H3/b12-9+,14-10+. The van der Waals surface area contributed by atoms with Gasteiger partial charge in [0.1, 0.15) is 0 Å². The van der Waals surface area contributed by atoms with Gasteiger partial charge in [0, 0.05) is 0 Å². The van der Waals surface area contributed by atoms with Crippen molar-refractivity contribution in [2.75, 3.05) is 0 Å². The molecule has 0 amide bonds. The van der Waals surface area contributed by atoms with Crippen LogP contribution in [0.5, 0.6) is 0 Å². The molecule has 0 aromatic rings. The Bertz CT molecular complexity index is 356. The van der Waals surface area contributed by atoms with Crippen molar-refractivity contribution in [1.29, 1.82) is 0 Å². The monoisotopic (exact) mass is 200 g/mol. The van der Waals surface area contributed by atoms with Crippen LogP contribution in [0.3, 0.4) is 0 Å². The van der Waals surface area contributed by atoms with Crippen LogP contribution in [-0.4, -0.2) is 0 Å². The third-order valence-electron chi connectivity index (χ3n) is 3.12. The van der Waals surface area contributed by atoms with Gasteiger partial charge in [-0.3, -0.25) is 0 Å². The lowest BCUT2D eigenvalue weighted by atomic mass is 9.71. The highest BCUT2D eigenvalue weighted by Crippen LogP contribution is 2.42. The van der Waals surface area contributed by atoms with E-state index in [2.05, 4.69) is 32.4 Å². The Kier molecular flexibility index (Phi) is 3.58. The summed E-state index contributed by atoms with van der Waals surface area (Å²) in [5, 5.41) is 0. The molecule has 1 rings (SSSR count). The zero-order valence-corrected chi connectivity index (χ0v) is 10.1. The molecule has 0 atom stereocenters. The van der Waals surface area contributed by atoms with Crippen molar-refractivity contribution >= 4 is 0 Å². The van der Waals surface area contributed by atoms with E-state index in [1.54, 1.807) is 0 Å². The molecule has 80 valence electrons. The van der Waals surface area contributed by atoms with E-state index in [1.807, 2.05) is 13.0 Å². The van der Waals surface area contributed by atoms with Crippen LogP contribution in [0.1, 0.15) is 40.0 Å². The van der Waals surface area contributed by atoms with E-state index in [-0.39, 0.29) is 5.41 Å². The zero-order valence-electron chi connectivity index (χ0n) is 10.1. The van der Waals surface area contributed by atoms with E-state index >= 15 is 0 Å². The fourth-order valence-corrected chi connectivity index (χ4v) is 2.09. The highest BCUT2D eigenvalue weighted by atomic mass is 14.3. The molecule has 0 aromatic heterocycles. The Hall–Kier alpha value is -1.22. The van der Waals surface area contributed by atoms with Crippen molar-refractivity contribution < 1.29 is 0 Å². The summed E-state index contributed by atoms with van der Waals surface area (Å²) in [6.45, 7) is 10.7. The number of terminal acetylenes is 1. The van der Waals surface area contributed by atoms with Crippen molar-refractivity contribution in [3.8, 4) is 12.3 Å². The Balaban J connectivity index is 3.00. The molecule has 1 aliphatic carbocycles. The molecule has 0 aliphatic heterocycles. The van der Waals surface area contributed by atoms with Gasteiger partial charge in [-0.1, -0.05) is 44.1 Å². The fourth-order valence-electron chi connectivity index (χ4n) is 2.09. The maximum atomic E-state index is 5.32. The predicted molar refractivity (Wildman–Crippen MR) is 67.4 cm³/mol. The van der Waals surface area contributed by atoms with Crippen molar-refractivity contribution in [2.45, 2.75) is 40.0 Å². The molecular weight excluding hydrogens is 180 g/mol. The highest BCUT2D eigenvalue weighted by Gasteiger charge is 2.28. The first-order valence-electron chi connectivity index (χ1n) is 5.51. The normalized spacial score (nSPS) is 24.0.